The Bertz CT molecular complexity index is 1370. The molecule has 9 nitrogen and oxygen atoms in total. The summed E-state index contributed by atoms with van der Waals surface area (Å²) in [5.41, 5.74) is -1.60. The van der Waals surface area contributed by atoms with E-state index in [2.05, 4.69) is 5.32 Å². The van der Waals surface area contributed by atoms with Crippen LogP contribution in [0.5, 0.6) is 0 Å². The number of nitrogens with one attached hydrogen (secondary N) is 1. The molecule has 1 N–H and O–H groups in total. The number of ether oxygens (including phenoxy) is 2. The third-order valence-corrected chi connectivity index (χ3v) is 11.9. The number of carbonyl (C=O) groups is 3. The first-order valence-corrected chi connectivity index (χ1v) is 16.8. The number of benzene rings is 1. The number of halogens is 3. The Morgan fingerprint density at radius 1 is 1.02 bits per heavy atom. The second-order valence-electron chi connectivity index (χ2n) is 12.0. The minimum atomic E-state index is -4.80. The average Bonchev–Trinajstić information content (AvgIpc) is 2.90. The van der Waals surface area contributed by atoms with E-state index in [9.17, 15) is 32.3 Å². The number of carbonyl (C=O) groups excluding carboxylic acids is 3. The van der Waals surface area contributed by atoms with Gasteiger partial charge in [-0.25, -0.2) is 9.59 Å². The van der Waals surface area contributed by atoms with E-state index >= 15 is 0 Å². The maximum atomic E-state index is 14.4. The molecule has 238 valence electrons. The monoisotopic (exact) mass is 626 g/mol. The Morgan fingerprint density at radius 3 is 2.07 bits per heavy atom. The third-order valence-electron chi connectivity index (χ3n) is 7.48. The predicted octanol–water partition coefficient (Wildman–Crippen LogP) is 5.57. The zero-order valence-electron chi connectivity index (χ0n) is 26.0. The van der Waals surface area contributed by atoms with Crippen molar-refractivity contribution in [3.05, 3.63) is 57.9 Å². The van der Waals surface area contributed by atoms with E-state index in [1.165, 1.54) is 19.9 Å². The number of pyridine rings is 1. The van der Waals surface area contributed by atoms with Crippen LogP contribution >= 0.6 is 0 Å². The number of esters is 2. The molecule has 43 heavy (non-hydrogen) atoms. The molecule has 2 rings (SSSR count). The molecular formula is C30H41F3N2O7Si. The van der Waals surface area contributed by atoms with Crippen molar-refractivity contribution < 1.29 is 41.5 Å². The zero-order valence-corrected chi connectivity index (χ0v) is 27.0. The van der Waals surface area contributed by atoms with Gasteiger partial charge in [-0.05, 0) is 42.6 Å². The molecule has 1 amide bonds. The Balaban J connectivity index is 2.67. The van der Waals surface area contributed by atoms with Crippen LogP contribution in [0.4, 0.5) is 13.2 Å². The number of hydrogen-bond acceptors (Lipinski definition) is 7. The molecule has 1 aromatic carbocycles. The fourth-order valence-electron chi connectivity index (χ4n) is 4.13. The maximum Gasteiger partial charge on any atom is 0.415 e. The number of nitrogens with zero attached hydrogens (tertiary/aromatic N) is 1. The molecule has 0 aliphatic heterocycles. The standard InChI is InChI=1S/C30H41F3N2O7Si/c1-10-41-27(38)20-16-21(19-14-12-11-13-15-19)35(26(37)23(20)28(39)40-7)17-22(36)34-24(18(2)3)25(30(31,32)33)42-43(8,9)29(4,5)6/h11-16,18,24-25H,10,17H2,1-9H3,(H,34,36). The lowest BCUT2D eigenvalue weighted by Gasteiger charge is -2.42. The average molecular weight is 627 g/mol. The van der Waals surface area contributed by atoms with Crippen LogP contribution in [0.3, 0.4) is 0 Å². The maximum absolute atomic E-state index is 14.4. The minimum Gasteiger partial charge on any atom is -0.465 e. The Labute approximate surface area is 250 Å². The van der Waals surface area contributed by atoms with Gasteiger partial charge in [0.15, 0.2) is 14.4 Å². The number of methoxy groups -OCH3 is 1. The van der Waals surface area contributed by atoms with E-state index in [0.29, 0.717) is 5.56 Å². The highest BCUT2D eigenvalue weighted by atomic mass is 28.4. The highest BCUT2D eigenvalue weighted by Crippen LogP contribution is 2.41. The summed E-state index contributed by atoms with van der Waals surface area (Å²) in [6, 6.07) is 7.98. The molecular weight excluding hydrogens is 585 g/mol. The zero-order chi connectivity index (χ0) is 32.9. The molecule has 0 radical (unpaired) electrons. The van der Waals surface area contributed by atoms with Crippen molar-refractivity contribution in [3.63, 3.8) is 0 Å². The number of amides is 1. The summed E-state index contributed by atoms with van der Waals surface area (Å²) in [5, 5.41) is 1.91. The van der Waals surface area contributed by atoms with E-state index in [4.69, 9.17) is 13.9 Å². The first-order chi connectivity index (χ1) is 19.8. The summed E-state index contributed by atoms with van der Waals surface area (Å²) in [7, 11) is -1.92. The lowest BCUT2D eigenvalue weighted by atomic mass is 9.98. The molecule has 0 bridgehead atoms. The highest BCUT2D eigenvalue weighted by molar-refractivity contribution is 6.74. The molecule has 0 aliphatic rings. The van der Waals surface area contributed by atoms with Crippen molar-refractivity contribution in [2.45, 2.75) is 84.5 Å². The van der Waals surface area contributed by atoms with Crippen LogP contribution in [0.1, 0.15) is 62.3 Å². The molecule has 0 fully saturated rings. The van der Waals surface area contributed by atoms with Gasteiger partial charge in [0.05, 0.1) is 31.0 Å². The smallest absolute Gasteiger partial charge is 0.415 e. The first kappa shape index (κ1) is 35.7. The fourth-order valence-corrected chi connectivity index (χ4v) is 5.39. The van der Waals surface area contributed by atoms with Crippen LogP contribution in [0.25, 0.3) is 11.3 Å². The molecule has 1 heterocycles. The third kappa shape index (κ3) is 8.56. The van der Waals surface area contributed by atoms with Gasteiger partial charge in [-0.15, -0.1) is 0 Å². The van der Waals surface area contributed by atoms with Gasteiger partial charge in [0, 0.05) is 0 Å². The van der Waals surface area contributed by atoms with Crippen LogP contribution in [0.15, 0.2) is 41.2 Å². The van der Waals surface area contributed by atoms with E-state index < -0.39 is 73.1 Å². The number of alkyl halides is 3. The summed E-state index contributed by atoms with van der Waals surface area (Å²) >= 11 is 0. The van der Waals surface area contributed by atoms with Gasteiger partial charge in [-0.1, -0.05) is 65.0 Å². The van der Waals surface area contributed by atoms with Gasteiger partial charge in [-0.3, -0.25) is 14.2 Å². The van der Waals surface area contributed by atoms with Crippen LogP contribution in [0, 0.1) is 5.92 Å². The summed E-state index contributed by atoms with van der Waals surface area (Å²) in [5.74, 6) is -3.72. The van der Waals surface area contributed by atoms with Crippen molar-refractivity contribution in [2.24, 2.45) is 5.92 Å². The van der Waals surface area contributed by atoms with E-state index in [-0.39, 0.29) is 17.9 Å². The second-order valence-corrected chi connectivity index (χ2v) is 16.7. The minimum absolute atomic E-state index is 0.0421. The molecule has 0 spiro atoms. The Morgan fingerprint density at radius 2 is 1.60 bits per heavy atom. The lowest BCUT2D eigenvalue weighted by Crippen LogP contribution is -2.59. The van der Waals surface area contributed by atoms with Gasteiger partial charge >= 0.3 is 18.1 Å². The summed E-state index contributed by atoms with van der Waals surface area (Å²) in [6.07, 6.45) is -7.11. The molecule has 2 unspecified atom stereocenters. The number of aromatic nitrogens is 1. The molecule has 13 heteroatoms. The summed E-state index contributed by atoms with van der Waals surface area (Å²) in [4.78, 5) is 52.6. The van der Waals surface area contributed by atoms with Crippen molar-refractivity contribution >= 4 is 26.2 Å². The lowest BCUT2D eigenvalue weighted by molar-refractivity contribution is -0.210. The predicted molar refractivity (Wildman–Crippen MR) is 158 cm³/mol. The van der Waals surface area contributed by atoms with E-state index in [1.807, 2.05) is 20.8 Å². The summed E-state index contributed by atoms with van der Waals surface area (Å²) < 4.78 is 59.8. The van der Waals surface area contributed by atoms with Crippen molar-refractivity contribution in [1.82, 2.24) is 9.88 Å². The largest absolute Gasteiger partial charge is 0.465 e. The highest BCUT2D eigenvalue weighted by Gasteiger charge is 2.52. The SMILES string of the molecule is CCOC(=O)c1cc(-c2ccccc2)n(CC(=O)NC(C(C)C)C(O[Si](C)(C)C(C)(C)C)C(F)(F)F)c(=O)c1C(=O)OC. The fraction of sp³-hybridized carbons (Fsp3) is 0.533. The second kappa shape index (κ2) is 13.9. The molecule has 2 aromatic rings. The van der Waals surface area contributed by atoms with E-state index in [1.54, 1.807) is 50.3 Å². The molecule has 0 saturated carbocycles. The quantitative estimate of drug-likeness (QED) is 0.256. The van der Waals surface area contributed by atoms with Crippen LogP contribution < -0.4 is 10.9 Å². The molecule has 1 aromatic heterocycles. The topological polar surface area (TPSA) is 113 Å². The van der Waals surface area contributed by atoms with Gasteiger partial charge in [0.25, 0.3) is 5.56 Å². The van der Waals surface area contributed by atoms with Crippen LogP contribution in [0.2, 0.25) is 18.1 Å². The summed E-state index contributed by atoms with van der Waals surface area (Å²) in [6.45, 7) is 12.6. The van der Waals surface area contributed by atoms with Crippen LogP contribution in [-0.2, 0) is 25.2 Å². The molecule has 0 saturated heterocycles. The van der Waals surface area contributed by atoms with Crippen molar-refractivity contribution in [2.75, 3.05) is 13.7 Å². The number of rotatable bonds is 11. The Kier molecular flexibility index (Phi) is 11.5. The van der Waals surface area contributed by atoms with Gasteiger partial charge in [0.1, 0.15) is 12.1 Å². The van der Waals surface area contributed by atoms with Gasteiger partial charge in [0.2, 0.25) is 5.91 Å². The first-order valence-electron chi connectivity index (χ1n) is 13.9. The van der Waals surface area contributed by atoms with E-state index in [0.717, 1.165) is 11.7 Å². The van der Waals surface area contributed by atoms with Crippen molar-refractivity contribution in [1.29, 1.82) is 0 Å². The normalized spacial score (nSPS) is 13.8. The Hall–Kier alpha value is -3.45. The molecule has 2 atom stereocenters. The van der Waals surface area contributed by atoms with Gasteiger partial charge < -0.3 is 19.2 Å². The van der Waals surface area contributed by atoms with Crippen molar-refractivity contribution in [3.8, 4) is 11.3 Å². The molecule has 0 aliphatic carbocycles. The van der Waals surface area contributed by atoms with Crippen LogP contribution in [-0.4, -0.2) is 62.8 Å². The number of hydrogen-bond donors (Lipinski definition) is 1. The van der Waals surface area contributed by atoms with Gasteiger partial charge in [-0.2, -0.15) is 13.2 Å².